The Hall–Kier alpha value is -3.12. The summed E-state index contributed by atoms with van der Waals surface area (Å²) in [6.07, 6.45) is 2.28. The minimum atomic E-state index is -0.0964. The summed E-state index contributed by atoms with van der Waals surface area (Å²) in [5.41, 5.74) is 2.13. The van der Waals surface area contributed by atoms with E-state index in [0.717, 1.165) is 23.4 Å². The zero-order valence-corrected chi connectivity index (χ0v) is 19.1. The van der Waals surface area contributed by atoms with Crippen LogP contribution in [0.15, 0.2) is 60.9 Å². The van der Waals surface area contributed by atoms with Crippen molar-refractivity contribution < 1.29 is 9.53 Å². The molecule has 2 heterocycles. The molecule has 2 aromatic carbocycles. The first kappa shape index (κ1) is 22.1. The van der Waals surface area contributed by atoms with E-state index < -0.39 is 0 Å². The van der Waals surface area contributed by atoms with Crippen LogP contribution in [-0.2, 0) is 4.79 Å². The Bertz CT molecular complexity index is 1070. The number of nitrogens with zero attached hydrogens (tertiary/aromatic N) is 4. The summed E-state index contributed by atoms with van der Waals surface area (Å²) < 4.78 is 5.90. The lowest BCUT2D eigenvalue weighted by atomic mass is 9.95. The summed E-state index contributed by atoms with van der Waals surface area (Å²) in [5, 5.41) is 0.534. The monoisotopic (exact) mass is 450 g/mol. The maximum Gasteiger partial charge on any atom is 0.230 e. The fraction of sp³-hybridized carbons (Fsp3) is 0.320. The number of aryl methyl sites for hydroxylation is 1. The fourth-order valence-corrected chi connectivity index (χ4v) is 4.13. The van der Waals surface area contributed by atoms with Crippen molar-refractivity contribution in [2.75, 3.05) is 31.1 Å². The smallest absolute Gasteiger partial charge is 0.230 e. The van der Waals surface area contributed by atoms with Crippen LogP contribution in [0.4, 0.5) is 5.82 Å². The first-order chi connectivity index (χ1) is 15.5. The van der Waals surface area contributed by atoms with Crippen LogP contribution in [-0.4, -0.2) is 47.0 Å². The highest BCUT2D eigenvalue weighted by atomic mass is 35.5. The van der Waals surface area contributed by atoms with Crippen molar-refractivity contribution in [1.82, 2.24) is 14.9 Å². The number of rotatable bonds is 6. The predicted molar refractivity (Wildman–Crippen MR) is 127 cm³/mol. The van der Waals surface area contributed by atoms with Gasteiger partial charge in [-0.3, -0.25) is 4.79 Å². The molecule has 1 saturated heterocycles. The molecule has 7 heteroatoms. The molecule has 1 aliphatic rings. The van der Waals surface area contributed by atoms with Gasteiger partial charge in [0, 0.05) is 32.2 Å². The van der Waals surface area contributed by atoms with E-state index in [2.05, 4.69) is 21.8 Å². The molecule has 0 bridgehead atoms. The molecule has 1 aromatic heterocycles. The van der Waals surface area contributed by atoms with Crippen molar-refractivity contribution in [1.29, 1.82) is 0 Å². The summed E-state index contributed by atoms with van der Waals surface area (Å²) in [5.74, 6) is 1.88. The Morgan fingerprint density at radius 3 is 2.53 bits per heavy atom. The van der Waals surface area contributed by atoms with Gasteiger partial charge >= 0.3 is 0 Å². The van der Waals surface area contributed by atoms with Crippen LogP contribution in [0.5, 0.6) is 11.6 Å². The van der Waals surface area contributed by atoms with E-state index >= 15 is 0 Å². The highest BCUT2D eigenvalue weighted by Gasteiger charge is 2.28. The number of hydrogen-bond acceptors (Lipinski definition) is 5. The number of carbonyl (C=O) groups excluding carboxylic acids is 1. The Balaban J connectivity index is 1.40. The normalized spacial score (nSPS) is 14.8. The number of anilines is 1. The number of halogens is 1. The van der Waals surface area contributed by atoms with Gasteiger partial charge in [-0.05, 0) is 36.6 Å². The second-order valence-electron chi connectivity index (χ2n) is 7.93. The standard InChI is InChI=1S/C25H27ClN4O2/c1-3-20(19-7-5-4-6-8-19)25(31)30-13-11-29(12-14-30)23-16-24(28-17-27-23)32-22-15-18(2)9-10-21(22)26/h4-10,15-17,20H,3,11-14H2,1-2H3/t20-/m0/s1. The summed E-state index contributed by atoms with van der Waals surface area (Å²) >= 11 is 6.25. The SMILES string of the molecule is CC[C@H](C(=O)N1CCN(c2cc(Oc3cc(C)ccc3Cl)ncn2)CC1)c1ccccc1. The molecule has 6 nitrogen and oxygen atoms in total. The molecule has 0 saturated carbocycles. The first-order valence-electron chi connectivity index (χ1n) is 10.9. The average molecular weight is 451 g/mol. The molecule has 0 aliphatic carbocycles. The van der Waals surface area contributed by atoms with E-state index in [1.807, 2.05) is 66.4 Å². The van der Waals surface area contributed by atoms with Gasteiger partial charge in [-0.2, -0.15) is 0 Å². The van der Waals surface area contributed by atoms with Gasteiger partial charge in [-0.15, -0.1) is 0 Å². The van der Waals surface area contributed by atoms with E-state index in [9.17, 15) is 4.79 Å². The van der Waals surface area contributed by atoms with Crippen molar-refractivity contribution >= 4 is 23.3 Å². The molecule has 0 unspecified atom stereocenters. The van der Waals surface area contributed by atoms with Crippen LogP contribution in [0.25, 0.3) is 0 Å². The lowest BCUT2D eigenvalue weighted by Crippen LogP contribution is -2.50. The quantitative estimate of drug-likeness (QED) is 0.524. The third-order valence-corrected chi connectivity index (χ3v) is 6.06. The van der Waals surface area contributed by atoms with Crippen molar-refractivity contribution in [2.24, 2.45) is 0 Å². The zero-order chi connectivity index (χ0) is 22.5. The molecule has 4 rings (SSSR count). The molecule has 0 spiro atoms. The van der Waals surface area contributed by atoms with E-state index in [-0.39, 0.29) is 11.8 Å². The van der Waals surface area contributed by atoms with E-state index in [1.165, 1.54) is 6.33 Å². The minimum Gasteiger partial charge on any atom is -0.437 e. The van der Waals surface area contributed by atoms with Gasteiger partial charge in [0.2, 0.25) is 11.8 Å². The van der Waals surface area contributed by atoms with Gasteiger partial charge in [-0.25, -0.2) is 9.97 Å². The van der Waals surface area contributed by atoms with Crippen LogP contribution in [0.1, 0.15) is 30.4 Å². The molecule has 166 valence electrons. The van der Waals surface area contributed by atoms with Crippen LogP contribution in [0, 0.1) is 6.92 Å². The van der Waals surface area contributed by atoms with Crippen LogP contribution in [0.3, 0.4) is 0 Å². The molecule has 1 aliphatic heterocycles. The van der Waals surface area contributed by atoms with Crippen molar-refractivity contribution in [2.45, 2.75) is 26.2 Å². The highest BCUT2D eigenvalue weighted by molar-refractivity contribution is 6.32. The number of benzene rings is 2. The van der Waals surface area contributed by atoms with Crippen LogP contribution < -0.4 is 9.64 Å². The number of carbonyl (C=O) groups is 1. The Labute approximate surface area is 193 Å². The molecular formula is C25H27ClN4O2. The van der Waals surface area contributed by atoms with Crippen molar-refractivity contribution in [3.8, 4) is 11.6 Å². The van der Waals surface area contributed by atoms with Crippen molar-refractivity contribution in [3.05, 3.63) is 77.1 Å². The molecule has 1 amide bonds. The third-order valence-electron chi connectivity index (χ3n) is 5.75. The second-order valence-corrected chi connectivity index (χ2v) is 8.34. The maximum atomic E-state index is 13.1. The van der Waals surface area contributed by atoms with E-state index in [4.69, 9.17) is 16.3 Å². The number of aromatic nitrogens is 2. The van der Waals surface area contributed by atoms with Gasteiger partial charge in [0.1, 0.15) is 17.9 Å². The molecule has 3 aromatic rings. The molecule has 1 atom stereocenters. The van der Waals surface area contributed by atoms with Crippen LogP contribution in [0.2, 0.25) is 5.02 Å². The van der Waals surface area contributed by atoms with Crippen LogP contribution >= 0.6 is 11.6 Å². The molecule has 0 N–H and O–H groups in total. The molecule has 0 radical (unpaired) electrons. The summed E-state index contributed by atoms with van der Waals surface area (Å²) in [4.78, 5) is 25.9. The number of piperazine rings is 1. The minimum absolute atomic E-state index is 0.0964. The van der Waals surface area contributed by atoms with Gasteiger partial charge in [0.05, 0.1) is 10.9 Å². The molecule has 32 heavy (non-hydrogen) atoms. The molecule has 1 fully saturated rings. The number of ether oxygens (including phenoxy) is 1. The van der Waals surface area contributed by atoms with Crippen molar-refractivity contribution in [3.63, 3.8) is 0 Å². The van der Waals surface area contributed by atoms with Gasteiger partial charge in [0.25, 0.3) is 0 Å². The Morgan fingerprint density at radius 1 is 1.06 bits per heavy atom. The Kier molecular flexibility index (Phi) is 6.90. The van der Waals surface area contributed by atoms with Gasteiger partial charge in [0.15, 0.2) is 0 Å². The maximum absolute atomic E-state index is 13.1. The number of hydrogen-bond donors (Lipinski definition) is 0. The summed E-state index contributed by atoms with van der Waals surface area (Å²) in [6.45, 7) is 6.78. The van der Waals surface area contributed by atoms with Gasteiger partial charge < -0.3 is 14.5 Å². The zero-order valence-electron chi connectivity index (χ0n) is 18.4. The largest absolute Gasteiger partial charge is 0.437 e. The van der Waals surface area contributed by atoms with E-state index in [1.54, 1.807) is 0 Å². The summed E-state index contributed by atoms with van der Waals surface area (Å²) in [6, 6.07) is 17.5. The van der Waals surface area contributed by atoms with Gasteiger partial charge in [-0.1, -0.05) is 54.9 Å². The number of amides is 1. The average Bonchev–Trinajstić information content (AvgIpc) is 2.83. The Morgan fingerprint density at radius 2 is 1.81 bits per heavy atom. The predicted octanol–water partition coefficient (Wildman–Crippen LogP) is 5.07. The lowest BCUT2D eigenvalue weighted by molar-refractivity contribution is -0.133. The summed E-state index contributed by atoms with van der Waals surface area (Å²) in [7, 11) is 0. The first-order valence-corrected chi connectivity index (χ1v) is 11.3. The fourth-order valence-electron chi connectivity index (χ4n) is 3.97. The third kappa shape index (κ3) is 5.02. The topological polar surface area (TPSA) is 58.6 Å². The second kappa shape index (κ2) is 10.0. The molecular weight excluding hydrogens is 424 g/mol. The van der Waals surface area contributed by atoms with E-state index in [0.29, 0.717) is 42.8 Å². The lowest BCUT2D eigenvalue weighted by Gasteiger charge is -2.37. The highest BCUT2D eigenvalue weighted by Crippen LogP contribution is 2.30.